The highest BCUT2D eigenvalue weighted by molar-refractivity contribution is 7.22. The van der Waals surface area contributed by atoms with Crippen molar-refractivity contribution in [2.75, 3.05) is 0 Å². The first-order chi connectivity index (χ1) is 11.8. The number of carbonyl (C=O) groups is 1. The van der Waals surface area contributed by atoms with Crippen LogP contribution in [0.3, 0.4) is 0 Å². The van der Waals surface area contributed by atoms with E-state index in [9.17, 15) is 29.9 Å². The fourth-order valence-electron chi connectivity index (χ4n) is 2.00. The molecule has 2 heterocycles. The lowest BCUT2D eigenvalue weighted by atomic mass is 10.2. The fourth-order valence-corrected chi connectivity index (χ4v) is 3.48. The Hall–Kier alpha value is -3.05. The van der Waals surface area contributed by atoms with Gasteiger partial charge in [0, 0.05) is 5.39 Å². The molecule has 0 atom stereocenters. The largest absolute Gasteiger partial charge is 0.518 e. The van der Waals surface area contributed by atoms with Crippen molar-refractivity contribution in [3.05, 3.63) is 48.7 Å². The van der Waals surface area contributed by atoms with Crippen LogP contribution in [0, 0.1) is 10.1 Å². The van der Waals surface area contributed by atoms with E-state index in [1.54, 1.807) is 0 Å². The second-order valence-corrected chi connectivity index (χ2v) is 6.00. The fraction of sp³-hybridized carbons (Fsp3) is 0.0769. The number of halogens is 1. The number of phenols is 2. The van der Waals surface area contributed by atoms with Gasteiger partial charge in [0.15, 0.2) is 18.1 Å². The van der Waals surface area contributed by atoms with Gasteiger partial charge in [0.25, 0.3) is 0 Å². The van der Waals surface area contributed by atoms with Crippen LogP contribution in [0.4, 0.5) is 5.69 Å². The first-order valence-electron chi connectivity index (χ1n) is 6.35. The molecule has 0 radical (unpaired) electrons. The van der Waals surface area contributed by atoms with Crippen molar-refractivity contribution in [2.24, 2.45) is 0 Å². The van der Waals surface area contributed by atoms with Crippen molar-refractivity contribution in [3.8, 4) is 11.5 Å². The lowest BCUT2D eigenvalue weighted by Gasteiger charge is -2.00. The third-order valence-electron chi connectivity index (χ3n) is 3.06. The molecule has 0 saturated heterocycles. The molecule has 0 fully saturated rings. The zero-order valence-electron chi connectivity index (χ0n) is 11.8. The minimum atomic E-state index is -0.965. The molecule has 0 spiro atoms. The van der Waals surface area contributed by atoms with Gasteiger partial charge in [-0.15, -0.1) is 11.3 Å². The molecule has 1 aromatic carbocycles. The van der Waals surface area contributed by atoms with Crippen LogP contribution in [-0.2, 0) is 11.3 Å². The van der Waals surface area contributed by atoms with E-state index in [-0.39, 0.29) is 25.7 Å². The maximum atomic E-state index is 12.1. The van der Waals surface area contributed by atoms with Crippen LogP contribution in [0.15, 0.2) is 26.0 Å². The number of nitro benzene ring substituents is 1. The Balaban J connectivity index is 2.00. The number of aromatic hydroxyl groups is 2. The van der Waals surface area contributed by atoms with Crippen LogP contribution in [0.5, 0.6) is 11.5 Å². The maximum absolute atomic E-state index is 12.1. The molecule has 0 aliphatic rings. The average molecular weight is 388 g/mol. The highest BCUT2D eigenvalue weighted by atomic mass is 35.5. The Morgan fingerprint density at radius 1 is 1.44 bits per heavy atom. The predicted octanol–water partition coefficient (Wildman–Crippen LogP) is 2.78. The highest BCUT2D eigenvalue weighted by Gasteiger charge is 2.29. The Kier molecular flexibility index (Phi) is 4.10. The molecule has 0 amide bonds. The monoisotopic (exact) mass is 387 g/mol. The zero-order chi connectivity index (χ0) is 18.3. The quantitative estimate of drug-likeness (QED) is 0.297. The van der Waals surface area contributed by atoms with Crippen LogP contribution in [0.2, 0.25) is 5.02 Å². The molecule has 25 heavy (non-hydrogen) atoms. The Bertz CT molecular complexity index is 1060. The summed E-state index contributed by atoms with van der Waals surface area (Å²) in [5.41, 5.74) is -0.776. The number of esters is 1. The number of ether oxygens (including phenoxy) is 1. The van der Waals surface area contributed by atoms with Gasteiger partial charge in [-0.1, -0.05) is 11.6 Å². The molecule has 2 aromatic heterocycles. The van der Waals surface area contributed by atoms with Crippen LogP contribution < -0.4 is 5.82 Å². The van der Waals surface area contributed by atoms with Gasteiger partial charge in [0.2, 0.25) is 5.75 Å². The smallest absolute Gasteiger partial charge is 0.504 e. The molecule has 3 aromatic rings. The van der Waals surface area contributed by atoms with E-state index in [4.69, 9.17) is 16.3 Å². The minimum absolute atomic E-state index is 0.00968. The normalized spacial score (nSPS) is 10.9. The van der Waals surface area contributed by atoms with Crippen LogP contribution in [0.1, 0.15) is 15.4 Å². The van der Waals surface area contributed by atoms with Crippen molar-refractivity contribution in [3.63, 3.8) is 0 Å². The topological polar surface area (TPSA) is 153 Å². The number of phenolic OH excluding ortho intramolecular Hbond substituents is 2. The van der Waals surface area contributed by atoms with Crippen LogP contribution >= 0.6 is 22.9 Å². The summed E-state index contributed by atoms with van der Waals surface area (Å²) in [6, 6.07) is 1.00. The lowest BCUT2D eigenvalue weighted by molar-refractivity contribution is -0.383. The summed E-state index contributed by atoms with van der Waals surface area (Å²) in [6.45, 7) is -0.423. The molecule has 0 unspecified atom stereocenters. The molecule has 0 aliphatic heterocycles. The molecule has 130 valence electrons. The average Bonchev–Trinajstić information content (AvgIpc) is 3.10. The lowest BCUT2D eigenvalue weighted by Crippen LogP contribution is -2.03. The van der Waals surface area contributed by atoms with Gasteiger partial charge in [-0.3, -0.25) is 10.1 Å². The number of nitro groups is 1. The minimum Gasteiger partial charge on any atom is -0.504 e. The molecule has 10 nitrogen and oxygen atoms in total. The number of hydrogen-bond donors (Lipinski definition) is 2. The second kappa shape index (κ2) is 6.11. The van der Waals surface area contributed by atoms with E-state index in [1.807, 2.05) is 0 Å². The first-order valence-corrected chi connectivity index (χ1v) is 7.55. The molecule has 0 saturated carbocycles. The predicted molar refractivity (Wildman–Crippen MR) is 83.2 cm³/mol. The van der Waals surface area contributed by atoms with Gasteiger partial charge in [0.1, 0.15) is 15.8 Å². The third-order valence-corrected chi connectivity index (χ3v) is 4.76. The molecule has 3 rings (SSSR count). The van der Waals surface area contributed by atoms with E-state index in [0.717, 1.165) is 12.3 Å². The van der Waals surface area contributed by atoms with Crippen molar-refractivity contribution >= 4 is 44.7 Å². The SMILES string of the molecule is O=C(OCc1coc(=O)o1)c1sc2c([N+](=O)[O-])c(O)c(O)cc2c1Cl. The van der Waals surface area contributed by atoms with Crippen molar-refractivity contribution in [1.82, 2.24) is 0 Å². The summed E-state index contributed by atoms with van der Waals surface area (Å²) in [4.78, 5) is 32.9. The summed E-state index contributed by atoms with van der Waals surface area (Å²) in [5, 5.41) is 30.2. The number of thiophene rings is 1. The van der Waals surface area contributed by atoms with Gasteiger partial charge in [-0.25, -0.2) is 9.59 Å². The first kappa shape index (κ1) is 16.8. The van der Waals surface area contributed by atoms with Crippen LogP contribution in [-0.4, -0.2) is 21.1 Å². The number of benzene rings is 1. The van der Waals surface area contributed by atoms with Crippen LogP contribution in [0.25, 0.3) is 10.1 Å². The van der Waals surface area contributed by atoms with Crippen molar-refractivity contribution in [1.29, 1.82) is 0 Å². The second-order valence-electron chi connectivity index (χ2n) is 4.60. The maximum Gasteiger partial charge on any atom is 0.518 e. The highest BCUT2D eigenvalue weighted by Crippen LogP contribution is 2.48. The summed E-state index contributed by atoms with van der Waals surface area (Å²) in [6.07, 6.45) is 0.961. The summed E-state index contributed by atoms with van der Waals surface area (Å²) in [7, 11) is 0. The molecule has 0 bridgehead atoms. The third kappa shape index (κ3) is 2.90. The van der Waals surface area contributed by atoms with Gasteiger partial charge in [-0.2, -0.15) is 0 Å². The Morgan fingerprint density at radius 2 is 2.16 bits per heavy atom. The van der Waals surface area contributed by atoms with Crippen molar-refractivity contribution in [2.45, 2.75) is 6.61 Å². The van der Waals surface area contributed by atoms with E-state index in [0.29, 0.717) is 11.3 Å². The van der Waals surface area contributed by atoms with Gasteiger partial charge < -0.3 is 23.8 Å². The van der Waals surface area contributed by atoms with E-state index < -0.39 is 40.5 Å². The number of hydrogen-bond acceptors (Lipinski definition) is 10. The number of rotatable bonds is 4. The number of carbonyl (C=O) groups excluding carboxylic acids is 1. The number of nitrogens with zero attached hydrogens (tertiary/aromatic N) is 1. The summed E-state index contributed by atoms with van der Waals surface area (Å²) in [5.74, 6) is -3.64. The Labute approximate surface area is 145 Å². The van der Waals surface area contributed by atoms with Gasteiger partial charge in [0.05, 0.1) is 9.95 Å². The van der Waals surface area contributed by atoms with Gasteiger partial charge >= 0.3 is 17.5 Å². The van der Waals surface area contributed by atoms with Crippen molar-refractivity contribution < 1.29 is 33.5 Å². The summed E-state index contributed by atoms with van der Waals surface area (Å²) >= 11 is 6.66. The van der Waals surface area contributed by atoms with E-state index in [1.165, 1.54) is 0 Å². The standard InChI is InChI=1S/C13H6ClNO9S/c14-7-5-1-6(16)9(17)8(15(20)21)10(5)25-11(7)12(18)22-2-4-3-23-13(19)24-4/h1,3,16-17H,2H2. The molecule has 0 aliphatic carbocycles. The van der Waals surface area contributed by atoms with E-state index in [2.05, 4.69) is 8.83 Å². The molecular weight excluding hydrogens is 382 g/mol. The molecular formula is C13H6ClNO9S. The summed E-state index contributed by atoms with van der Waals surface area (Å²) < 4.78 is 13.7. The molecule has 2 N–H and O–H groups in total. The number of fused-ring (bicyclic) bond motifs is 1. The Morgan fingerprint density at radius 3 is 2.76 bits per heavy atom. The zero-order valence-corrected chi connectivity index (χ0v) is 13.4. The van der Waals surface area contributed by atoms with E-state index >= 15 is 0 Å². The molecule has 12 heteroatoms. The van der Waals surface area contributed by atoms with Gasteiger partial charge in [-0.05, 0) is 6.07 Å².